The van der Waals surface area contributed by atoms with Crippen molar-refractivity contribution in [3.8, 4) is 0 Å². The van der Waals surface area contributed by atoms with E-state index in [0.29, 0.717) is 17.3 Å². The second kappa shape index (κ2) is 6.68. The number of hydrogen-bond acceptors (Lipinski definition) is 3. The van der Waals surface area contributed by atoms with E-state index in [2.05, 4.69) is 10.4 Å². The van der Waals surface area contributed by atoms with Gasteiger partial charge in [0, 0.05) is 11.7 Å². The van der Waals surface area contributed by atoms with Crippen LogP contribution in [0.3, 0.4) is 0 Å². The molecular formula is C15H23N3O2. The van der Waals surface area contributed by atoms with Crippen LogP contribution in [-0.4, -0.2) is 28.0 Å². The van der Waals surface area contributed by atoms with Crippen molar-refractivity contribution in [2.75, 3.05) is 0 Å². The molecule has 1 aromatic heterocycles. The average molecular weight is 277 g/mol. The predicted octanol–water partition coefficient (Wildman–Crippen LogP) is 2.15. The van der Waals surface area contributed by atoms with Crippen LogP contribution in [0.15, 0.2) is 0 Å². The van der Waals surface area contributed by atoms with Gasteiger partial charge in [0.1, 0.15) is 6.54 Å². The third-order valence-corrected chi connectivity index (χ3v) is 4.07. The van der Waals surface area contributed by atoms with Crippen molar-refractivity contribution in [3.63, 3.8) is 0 Å². The van der Waals surface area contributed by atoms with Crippen LogP contribution in [-0.2, 0) is 11.3 Å². The second-order valence-electron chi connectivity index (χ2n) is 5.62. The van der Waals surface area contributed by atoms with Gasteiger partial charge < -0.3 is 5.32 Å². The molecule has 0 aliphatic heterocycles. The first-order valence-corrected chi connectivity index (χ1v) is 7.40. The van der Waals surface area contributed by atoms with Crippen LogP contribution in [0.4, 0.5) is 0 Å². The summed E-state index contributed by atoms with van der Waals surface area (Å²) in [7, 11) is 0. The van der Waals surface area contributed by atoms with E-state index in [1.165, 1.54) is 25.7 Å². The minimum absolute atomic E-state index is 0.0139. The number of amides is 1. The number of hydrogen-bond donors (Lipinski definition) is 1. The molecule has 1 aromatic rings. The Morgan fingerprint density at radius 3 is 2.50 bits per heavy atom. The zero-order chi connectivity index (χ0) is 14.5. The molecule has 1 heterocycles. The number of carbonyl (C=O) groups excluding carboxylic acids is 2. The summed E-state index contributed by atoms with van der Waals surface area (Å²) >= 11 is 0. The van der Waals surface area contributed by atoms with Gasteiger partial charge in [-0.2, -0.15) is 5.10 Å². The van der Waals surface area contributed by atoms with Gasteiger partial charge in [-0.3, -0.25) is 14.3 Å². The lowest BCUT2D eigenvalue weighted by Gasteiger charge is -2.16. The highest BCUT2D eigenvalue weighted by molar-refractivity contribution is 5.79. The number of nitrogens with zero attached hydrogens (tertiary/aromatic N) is 2. The summed E-state index contributed by atoms with van der Waals surface area (Å²) in [6, 6.07) is 0.299. The second-order valence-corrected chi connectivity index (χ2v) is 5.62. The molecule has 1 N–H and O–H groups in total. The maximum absolute atomic E-state index is 12.1. The van der Waals surface area contributed by atoms with Crippen LogP contribution in [0.2, 0.25) is 0 Å². The smallest absolute Gasteiger partial charge is 0.241 e. The number of carbonyl (C=O) groups is 2. The molecule has 0 atom stereocenters. The minimum Gasteiger partial charge on any atom is -0.352 e. The summed E-state index contributed by atoms with van der Waals surface area (Å²) in [5.41, 5.74) is 2.03. The Labute approximate surface area is 119 Å². The molecule has 5 nitrogen and oxygen atoms in total. The molecule has 0 spiro atoms. The highest BCUT2D eigenvalue weighted by Gasteiger charge is 2.17. The van der Waals surface area contributed by atoms with E-state index >= 15 is 0 Å². The molecule has 110 valence electrons. The van der Waals surface area contributed by atoms with E-state index in [0.717, 1.165) is 24.8 Å². The van der Waals surface area contributed by atoms with Gasteiger partial charge in [-0.05, 0) is 26.7 Å². The zero-order valence-corrected chi connectivity index (χ0v) is 12.3. The maximum Gasteiger partial charge on any atom is 0.241 e. The van der Waals surface area contributed by atoms with Crippen molar-refractivity contribution >= 4 is 12.2 Å². The third-order valence-electron chi connectivity index (χ3n) is 4.07. The number of rotatable bonds is 4. The highest BCUT2D eigenvalue weighted by Crippen LogP contribution is 2.17. The number of aryl methyl sites for hydroxylation is 1. The fraction of sp³-hybridized carbons (Fsp3) is 0.667. The van der Waals surface area contributed by atoms with Crippen LogP contribution in [0.5, 0.6) is 0 Å². The maximum atomic E-state index is 12.1. The fourth-order valence-corrected chi connectivity index (χ4v) is 2.87. The summed E-state index contributed by atoms with van der Waals surface area (Å²) in [5, 5.41) is 7.35. The molecule has 2 rings (SSSR count). The molecule has 1 fully saturated rings. The number of aldehydes is 1. The lowest BCUT2D eigenvalue weighted by molar-refractivity contribution is -0.122. The van der Waals surface area contributed by atoms with Crippen LogP contribution < -0.4 is 5.32 Å². The number of nitrogens with one attached hydrogen (secondary N) is 1. The first-order chi connectivity index (χ1) is 9.61. The molecule has 0 saturated heterocycles. The van der Waals surface area contributed by atoms with Gasteiger partial charge >= 0.3 is 0 Å². The van der Waals surface area contributed by atoms with Gasteiger partial charge in [-0.15, -0.1) is 0 Å². The number of aromatic nitrogens is 2. The quantitative estimate of drug-likeness (QED) is 0.677. The fourth-order valence-electron chi connectivity index (χ4n) is 2.87. The standard InChI is InChI=1S/C15H23N3O2/c1-11-14(10-19)12(2)18(17-11)9-15(20)16-13-7-5-3-4-6-8-13/h10,13H,3-9H2,1-2H3,(H,16,20). The van der Waals surface area contributed by atoms with Gasteiger partial charge in [0.15, 0.2) is 6.29 Å². The zero-order valence-electron chi connectivity index (χ0n) is 12.3. The van der Waals surface area contributed by atoms with Gasteiger partial charge in [0.05, 0.1) is 11.3 Å². The van der Waals surface area contributed by atoms with E-state index < -0.39 is 0 Å². The molecule has 20 heavy (non-hydrogen) atoms. The van der Waals surface area contributed by atoms with Crippen LogP contribution >= 0.6 is 0 Å². The van der Waals surface area contributed by atoms with E-state index in [-0.39, 0.29) is 12.5 Å². The summed E-state index contributed by atoms with van der Waals surface area (Å²) in [5.74, 6) is -0.0139. The Morgan fingerprint density at radius 2 is 1.95 bits per heavy atom. The molecule has 0 aromatic carbocycles. The van der Waals surface area contributed by atoms with Crippen molar-refractivity contribution in [2.24, 2.45) is 0 Å². The summed E-state index contributed by atoms with van der Waals surface area (Å²) in [6.07, 6.45) is 7.88. The Morgan fingerprint density at radius 1 is 1.30 bits per heavy atom. The average Bonchev–Trinajstić information content (AvgIpc) is 2.60. The molecular weight excluding hydrogens is 254 g/mol. The van der Waals surface area contributed by atoms with E-state index in [1.54, 1.807) is 11.6 Å². The Hall–Kier alpha value is -1.65. The topological polar surface area (TPSA) is 64.0 Å². The lowest BCUT2D eigenvalue weighted by atomic mass is 10.1. The van der Waals surface area contributed by atoms with Crippen LogP contribution in [0.1, 0.15) is 60.3 Å². The lowest BCUT2D eigenvalue weighted by Crippen LogP contribution is -2.37. The first kappa shape index (κ1) is 14.8. The molecule has 1 aliphatic carbocycles. The Balaban J connectivity index is 1.95. The van der Waals surface area contributed by atoms with Gasteiger partial charge in [0.2, 0.25) is 5.91 Å². The largest absolute Gasteiger partial charge is 0.352 e. The SMILES string of the molecule is Cc1nn(CC(=O)NC2CCCCCC2)c(C)c1C=O. The van der Waals surface area contributed by atoms with Crippen molar-refractivity contribution in [1.29, 1.82) is 0 Å². The van der Waals surface area contributed by atoms with Crippen LogP contribution in [0, 0.1) is 13.8 Å². The Bertz CT molecular complexity index is 486. The van der Waals surface area contributed by atoms with Crippen molar-refractivity contribution in [3.05, 3.63) is 17.0 Å². The van der Waals surface area contributed by atoms with E-state index in [4.69, 9.17) is 0 Å². The van der Waals surface area contributed by atoms with Crippen molar-refractivity contribution in [1.82, 2.24) is 15.1 Å². The van der Waals surface area contributed by atoms with E-state index in [9.17, 15) is 9.59 Å². The van der Waals surface area contributed by atoms with E-state index in [1.807, 2.05) is 6.92 Å². The molecule has 0 radical (unpaired) electrons. The predicted molar refractivity (Wildman–Crippen MR) is 76.7 cm³/mol. The van der Waals surface area contributed by atoms with Crippen LogP contribution in [0.25, 0.3) is 0 Å². The summed E-state index contributed by atoms with van der Waals surface area (Å²) < 4.78 is 1.62. The molecule has 0 unspecified atom stereocenters. The molecule has 1 amide bonds. The van der Waals surface area contributed by atoms with Gasteiger partial charge in [-0.1, -0.05) is 25.7 Å². The molecule has 1 saturated carbocycles. The minimum atomic E-state index is -0.0139. The van der Waals surface area contributed by atoms with Gasteiger partial charge in [-0.25, -0.2) is 0 Å². The first-order valence-electron chi connectivity index (χ1n) is 7.40. The van der Waals surface area contributed by atoms with Gasteiger partial charge in [0.25, 0.3) is 0 Å². The molecule has 0 bridgehead atoms. The summed E-state index contributed by atoms with van der Waals surface area (Å²) in [6.45, 7) is 3.80. The third kappa shape index (κ3) is 3.46. The summed E-state index contributed by atoms with van der Waals surface area (Å²) in [4.78, 5) is 23.0. The normalized spacial score (nSPS) is 16.7. The Kier molecular flexibility index (Phi) is 4.93. The molecule has 1 aliphatic rings. The van der Waals surface area contributed by atoms with Crippen molar-refractivity contribution < 1.29 is 9.59 Å². The monoisotopic (exact) mass is 277 g/mol. The highest BCUT2D eigenvalue weighted by atomic mass is 16.2. The molecule has 5 heteroatoms. The van der Waals surface area contributed by atoms with Crippen molar-refractivity contribution in [2.45, 2.75) is 65.0 Å².